The van der Waals surface area contributed by atoms with E-state index < -0.39 is 6.10 Å². The Hall–Kier alpha value is -2.89. The summed E-state index contributed by atoms with van der Waals surface area (Å²) in [6.07, 6.45) is 57.7. The van der Waals surface area contributed by atoms with Crippen LogP contribution in [0.25, 0.3) is 0 Å². The summed E-state index contributed by atoms with van der Waals surface area (Å²) >= 11 is 0. The first-order valence-electron chi connectivity index (χ1n) is 24.8. The minimum absolute atomic E-state index is 0.0854. The Morgan fingerprint density at radius 3 is 1.08 bits per heavy atom. The standard InChI is InChI=1S/C53H92O6/c1-4-7-10-13-16-19-22-24-26-27-28-30-31-34-37-40-43-46-52(55)58-49-50(48-57-51(54)45-42-39-36-33-21-18-15-12-9-6-3)59-53(56)47-44-41-38-35-32-29-25-23-20-17-14-11-8-5-2/h8,11,15-20,24,26,50H,4-7,9-10,12-14,21-23,25,27-49H2,1-3H3/b11-8-,18-15-,19-16-,20-17-,26-24-. The summed E-state index contributed by atoms with van der Waals surface area (Å²) in [6, 6.07) is 0. The van der Waals surface area contributed by atoms with Gasteiger partial charge >= 0.3 is 17.9 Å². The largest absolute Gasteiger partial charge is 0.462 e. The average molecular weight is 825 g/mol. The van der Waals surface area contributed by atoms with Crippen molar-refractivity contribution in [3.8, 4) is 0 Å². The highest BCUT2D eigenvalue weighted by Gasteiger charge is 2.19. The molecule has 6 heteroatoms. The Morgan fingerprint density at radius 2 is 0.678 bits per heavy atom. The van der Waals surface area contributed by atoms with Crippen LogP contribution >= 0.6 is 0 Å². The molecule has 0 bridgehead atoms. The van der Waals surface area contributed by atoms with Gasteiger partial charge in [-0.3, -0.25) is 14.4 Å². The summed E-state index contributed by atoms with van der Waals surface area (Å²) in [4.78, 5) is 37.8. The zero-order valence-electron chi connectivity index (χ0n) is 38.8. The number of unbranched alkanes of at least 4 members (excludes halogenated alkanes) is 23. The van der Waals surface area contributed by atoms with Crippen LogP contribution < -0.4 is 0 Å². The maximum Gasteiger partial charge on any atom is 0.306 e. The Balaban J connectivity index is 4.37. The van der Waals surface area contributed by atoms with Crippen molar-refractivity contribution in [2.75, 3.05) is 13.2 Å². The minimum atomic E-state index is -0.784. The van der Waals surface area contributed by atoms with Gasteiger partial charge in [0, 0.05) is 19.3 Å². The highest BCUT2D eigenvalue weighted by atomic mass is 16.6. The lowest BCUT2D eigenvalue weighted by molar-refractivity contribution is -0.167. The minimum Gasteiger partial charge on any atom is -0.462 e. The third-order valence-corrected chi connectivity index (χ3v) is 10.5. The van der Waals surface area contributed by atoms with Gasteiger partial charge in [-0.2, -0.15) is 0 Å². The number of rotatable bonds is 44. The molecule has 1 atom stereocenters. The van der Waals surface area contributed by atoms with Crippen LogP contribution in [0.5, 0.6) is 0 Å². The van der Waals surface area contributed by atoms with E-state index in [1.807, 2.05) is 0 Å². The fourth-order valence-electron chi connectivity index (χ4n) is 6.73. The molecule has 0 rings (SSSR count). The maximum atomic E-state index is 12.8. The van der Waals surface area contributed by atoms with Crippen LogP contribution in [-0.2, 0) is 28.6 Å². The van der Waals surface area contributed by atoms with Gasteiger partial charge in [0.15, 0.2) is 6.10 Å². The van der Waals surface area contributed by atoms with E-state index in [1.54, 1.807) is 0 Å². The van der Waals surface area contributed by atoms with E-state index >= 15 is 0 Å². The molecule has 0 amide bonds. The summed E-state index contributed by atoms with van der Waals surface area (Å²) in [5, 5.41) is 0. The molecule has 0 fully saturated rings. The van der Waals surface area contributed by atoms with Crippen LogP contribution in [0.15, 0.2) is 60.8 Å². The fourth-order valence-corrected chi connectivity index (χ4v) is 6.73. The Morgan fingerprint density at radius 1 is 0.356 bits per heavy atom. The fraction of sp³-hybridized carbons (Fsp3) is 0.755. The Labute approximate surface area is 364 Å². The summed E-state index contributed by atoms with van der Waals surface area (Å²) in [6.45, 7) is 6.44. The normalized spacial score (nSPS) is 12.5. The molecular formula is C53H92O6. The van der Waals surface area contributed by atoms with Gasteiger partial charge in [-0.15, -0.1) is 0 Å². The smallest absolute Gasteiger partial charge is 0.306 e. The predicted octanol–water partition coefficient (Wildman–Crippen LogP) is 16.1. The molecular weight excluding hydrogens is 733 g/mol. The van der Waals surface area contributed by atoms with Crippen LogP contribution in [0, 0.1) is 0 Å². The number of carbonyl (C=O) groups is 3. The Bertz CT molecular complexity index is 1090. The van der Waals surface area contributed by atoms with E-state index in [0.29, 0.717) is 19.3 Å². The van der Waals surface area contributed by atoms with E-state index in [9.17, 15) is 14.4 Å². The lowest BCUT2D eigenvalue weighted by Crippen LogP contribution is -2.30. The second-order valence-corrected chi connectivity index (χ2v) is 16.3. The molecule has 0 aromatic heterocycles. The number of allylic oxidation sites excluding steroid dienone is 10. The molecule has 0 radical (unpaired) electrons. The molecule has 59 heavy (non-hydrogen) atoms. The van der Waals surface area contributed by atoms with Crippen molar-refractivity contribution in [1.82, 2.24) is 0 Å². The van der Waals surface area contributed by atoms with E-state index in [-0.39, 0.29) is 31.1 Å². The maximum absolute atomic E-state index is 12.8. The van der Waals surface area contributed by atoms with Crippen molar-refractivity contribution in [3.63, 3.8) is 0 Å². The van der Waals surface area contributed by atoms with Crippen LogP contribution in [0.1, 0.15) is 239 Å². The van der Waals surface area contributed by atoms with Crippen LogP contribution in [0.2, 0.25) is 0 Å². The van der Waals surface area contributed by atoms with Gasteiger partial charge in [-0.25, -0.2) is 0 Å². The SMILES string of the molecule is CC/C=C\C/C=C\CCCCCCCCCC(=O)OC(COC(=O)CCCCCC/C=C\CCCC)COC(=O)CCCCCCCCC/C=C\C/C=C\CCCCC. The number of hydrogen-bond acceptors (Lipinski definition) is 6. The number of carbonyl (C=O) groups excluding carboxylic acids is 3. The summed E-state index contributed by atoms with van der Waals surface area (Å²) < 4.78 is 16.7. The van der Waals surface area contributed by atoms with Crippen LogP contribution in [0.3, 0.4) is 0 Å². The molecule has 6 nitrogen and oxygen atoms in total. The lowest BCUT2D eigenvalue weighted by Gasteiger charge is -2.18. The summed E-state index contributed by atoms with van der Waals surface area (Å²) in [5.74, 6) is -0.914. The molecule has 0 saturated heterocycles. The Kier molecular flexibility index (Phi) is 45.4. The number of esters is 3. The van der Waals surface area contributed by atoms with E-state index in [0.717, 1.165) is 109 Å². The van der Waals surface area contributed by atoms with E-state index in [4.69, 9.17) is 14.2 Å². The van der Waals surface area contributed by atoms with E-state index in [1.165, 1.54) is 89.9 Å². The van der Waals surface area contributed by atoms with E-state index in [2.05, 4.69) is 81.5 Å². The second kappa shape index (κ2) is 47.8. The molecule has 0 aromatic rings. The van der Waals surface area contributed by atoms with Crippen molar-refractivity contribution >= 4 is 17.9 Å². The first kappa shape index (κ1) is 56.1. The molecule has 1 unspecified atom stereocenters. The van der Waals surface area contributed by atoms with Crippen molar-refractivity contribution in [1.29, 1.82) is 0 Å². The third kappa shape index (κ3) is 46.0. The predicted molar refractivity (Wildman–Crippen MR) is 251 cm³/mol. The van der Waals surface area contributed by atoms with Crippen molar-refractivity contribution in [3.05, 3.63) is 60.8 Å². The molecule has 0 aliphatic heterocycles. The van der Waals surface area contributed by atoms with Gasteiger partial charge in [0.05, 0.1) is 0 Å². The monoisotopic (exact) mass is 825 g/mol. The molecule has 0 aromatic carbocycles. The summed E-state index contributed by atoms with van der Waals surface area (Å²) in [7, 11) is 0. The molecule has 340 valence electrons. The van der Waals surface area contributed by atoms with Gasteiger partial charge in [0.1, 0.15) is 13.2 Å². The van der Waals surface area contributed by atoms with Crippen molar-refractivity contribution in [2.24, 2.45) is 0 Å². The highest BCUT2D eigenvalue weighted by molar-refractivity contribution is 5.71. The van der Waals surface area contributed by atoms with Gasteiger partial charge in [0.2, 0.25) is 0 Å². The van der Waals surface area contributed by atoms with Crippen molar-refractivity contribution < 1.29 is 28.6 Å². The van der Waals surface area contributed by atoms with Gasteiger partial charge in [-0.05, 0) is 96.3 Å². The van der Waals surface area contributed by atoms with Crippen LogP contribution in [-0.4, -0.2) is 37.2 Å². The average Bonchev–Trinajstić information content (AvgIpc) is 3.23. The van der Waals surface area contributed by atoms with Gasteiger partial charge in [0.25, 0.3) is 0 Å². The van der Waals surface area contributed by atoms with Crippen LogP contribution in [0.4, 0.5) is 0 Å². The van der Waals surface area contributed by atoms with Gasteiger partial charge in [-0.1, -0.05) is 184 Å². The quantitative estimate of drug-likeness (QED) is 0.0263. The van der Waals surface area contributed by atoms with Gasteiger partial charge < -0.3 is 14.2 Å². The molecule has 0 spiro atoms. The lowest BCUT2D eigenvalue weighted by atomic mass is 10.1. The molecule has 0 aliphatic rings. The summed E-state index contributed by atoms with van der Waals surface area (Å²) in [5.41, 5.74) is 0. The van der Waals surface area contributed by atoms with Crippen molar-refractivity contribution in [2.45, 2.75) is 245 Å². The zero-order valence-corrected chi connectivity index (χ0v) is 38.8. The zero-order chi connectivity index (χ0) is 43.0. The molecule has 0 N–H and O–H groups in total. The molecule has 0 saturated carbocycles. The topological polar surface area (TPSA) is 78.9 Å². The second-order valence-electron chi connectivity index (χ2n) is 16.3. The molecule has 0 aliphatic carbocycles. The number of ether oxygens (including phenoxy) is 3. The molecule has 0 heterocycles. The highest BCUT2D eigenvalue weighted by Crippen LogP contribution is 2.14. The first-order valence-corrected chi connectivity index (χ1v) is 24.8. The first-order chi connectivity index (χ1) is 29.0. The number of hydrogen-bond donors (Lipinski definition) is 0. The third-order valence-electron chi connectivity index (χ3n) is 10.5.